The number of para-hydroxylation sites is 1. The van der Waals surface area contributed by atoms with Gasteiger partial charge in [0.15, 0.2) is 0 Å². The van der Waals surface area contributed by atoms with E-state index >= 15 is 0 Å². The van der Waals surface area contributed by atoms with Gasteiger partial charge in [-0.25, -0.2) is 4.79 Å². The molecule has 5 heteroatoms. The summed E-state index contributed by atoms with van der Waals surface area (Å²) >= 11 is 1.83. The second kappa shape index (κ2) is 9.74. The second-order valence-corrected chi connectivity index (χ2v) is 6.60. The van der Waals surface area contributed by atoms with Crippen LogP contribution in [0.15, 0.2) is 30.3 Å². The van der Waals surface area contributed by atoms with Gasteiger partial charge in [0.25, 0.3) is 0 Å². The largest absolute Gasteiger partial charge is 0.334 e. The fourth-order valence-electron chi connectivity index (χ4n) is 2.64. The summed E-state index contributed by atoms with van der Waals surface area (Å²) in [6.45, 7) is 3.16. The molecule has 1 aliphatic rings. The third-order valence-corrected chi connectivity index (χ3v) is 4.46. The molecule has 1 unspecified atom stereocenters. The van der Waals surface area contributed by atoms with Gasteiger partial charge in [0.2, 0.25) is 0 Å². The number of piperidine rings is 1. The van der Waals surface area contributed by atoms with Crippen LogP contribution in [0.2, 0.25) is 0 Å². The number of anilines is 1. The van der Waals surface area contributed by atoms with Crippen LogP contribution in [0.4, 0.5) is 10.5 Å². The van der Waals surface area contributed by atoms with E-state index in [1.807, 2.05) is 42.1 Å². The van der Waals surface area contributed by atoms with E-state index in [9.17, 15) is 4.79 Å². The van der Waals surface area contributed by atoms with Gasteiger partial charge < -0.3 is 15.5 Å². The first-order chi connectivity index (χ1) is 10.8. The molecule has 0 aliphatic carbocycles. The molecule has 0 spiro atoms. The molecule has 2 rings (SSSR count). The number of benzene rings is 1. The Morgan fingerprint density at radius 1 is 1.27 bits per heavy atom. The van der Waals surface area contributed by atoms with Crippen LogP contribution in [0.1, 0.15) is 19.3 Å². The molecule has 2 N–H and O–H groups in total. The Kier molecular flexibility index (Phi) is 7.60. The summed E-state index contributed by atoms with van der Waals surface area (Å²) in [5, 5.41) is 6.04. The molecule has 4 nitrogen and oxygen atoms in total. The fourth-order valence-corrected chi connectivity index (χ4v) is 3.16. The minimum absolute atomic E-state index is 0.110. The van der Waals surface area contributed by atoms with Crippen molar-refractivity contribution in [3.8, 4) is 0 Å². The van der Waals surface area contributed by atoms with E-state index in [0.29, 0.717) is 0 Å². The molecule has 1 aliphatic heterocycles. The number of hydrogen-bond donors (Lipinski definition) is 2. The molecule has 22 heavy (non-hydrogen) atoms. The first-order valence-corrected chi connectivity index (χ1v) is 9.33. The molecule has 1 saturated heterocycles. The lowest BCUT2D eigenvalue weighted by molar-refractivity contribution is 0.216. The smallest absolute Gasteiger partial charge is 0.319 e. The van der Waals surface area contributed by atoms with Gasteiger partial charge in [-0.05, 0) is 62.9 Å². The Balaban J connectivity index is 1.83. The molecule has 0 aromatic heterocycles. The van der Waals surface area contributed by atoms with Crippen molar-refractivity contribution >= 4 is 23.5 Å². The first-order valence-electron chi connectivity index (χ1n) is 7.93. The zero-order valence-electron chi connectivity index (χ0n) is 13.3. The molecule has 0 saturated carbocycles. The van der Waals surface area contributed by atoms with Crippen molar-refractivity contribution < 1.29 is 4.79 Å². The number of rotatable bonds is 7. The normalized spacial score (nSPS) is 17.0. The average molecular weight is 320 g/mol. The summed E-state index contributed by atoms with van der Waals surface area (Å²) in [6, 6.07) is 9.68. The Hall–Kier alpha value is -1.20. The maximum atomic E-state index is 12.2. The van der Waals surface area contributed by atoms with Crippen molar-refractivity contribution in [3.63, 3.8) is 0 Å². The summed E-state index contributed by atoms with van der Waals surface area (Å²) in [4.78, 5) is 14.6. The van der Waals surface area contributed by atoms with Gasteiger partial charge in [0.05, 0.1) is 0 Å². The van der Waals surface area contributed by atoms with E-state index in [1.54, 1.807) is 0 Å². The maximum Gasteiger partial charge on any atom is 0.319 e. The highest BCUT2D eigenvalue weighted by molar-refractivity contribution is 7.98. The van der Waals surface area contributed by atoms with E-state index in [2.05, 4.69) is 28.2 Å². The molecule has 121 valence electrons. The predicted molar refractivity (Wildman–Crippen MR) is 95.4 cm³/mol. The van der Waals surface area contributed by atoms with Crippen LogP contribution in [0.25, 0.3) is 0 Å². The SMILES string of the molecule is CSCCC(CN1CC[CH]CC1)NC(=O)Nc1ccccc1. The minimum Gasteiger partial charge on any atom is -0.334 e. The van der Waals surface area contributed by atoms with Crippen LogP contribution in [-0.4, -0.2) is 48.6 Å². The topological polar surface area (TPSA) is 44.4 Å². The summed E-state index contributed by atoms with van der Waals surface area (Å²) in [5.41, 5.74) is 0.830. The van der Waals surface area contributed by atoms with Crippen LogP contribution in [0.5, 0.6) is 0 Å². The third kappa shape index (κ3) is 6.28. The van der Waals surface area contributed by atoms with Crippen LogP contribution >= 0.6 is 11.8 Å². The Labute approximate surface area is 138 Å². The van der Waals surface area contributed by atoms with Gasteiger partial charge in [-0.3, -0.25) is 0 Å². The minimum atomic E-state index is -0.110. The molecule has 1 fully saturated rings. The van der Waals surface area contributed by atoms with Crippen molar-refractivity contribution in [1.82, 2.24) is 10.2 Å². The lowest BCUT2D eigenvalue weighted by Gasteiger charge is -2.30. The summed E-state index contributed by atoms with van der Waals surface area (Å²) in [7, 11) is 0. The lowest BCUT2D eigenvalue weighted by Crippen LogP contribution is -2.47. The molecule has 1 atom stereocenters. The average Bonchev–Trinajstić information content (AvgIpc) is 2.54. The van der Waals surface area contributed by atoms with Gasteiger partial charge in [0.1, 0.15) is 0 Å². The number of hydrogen-bond acceptors (Lipinski definition) is 3. The quantitative estimate of drug-likeness (QED) is 0.811. The molecule has 1 radical (unpaired) electrons. The number of urea groups is 1. The summed E-state index contributed by atoms with van der Waals surface area (Å²) < 4.78 is 0. The highest BCUT2D eigenvalue weighted by Gasteiger charge is 2.18. The van der Waals surface area contributed by atoms with Crippen molar-refractivity contribution in [2.75, 3.05) is 37.0 Å². The number of likely N-dealkylation sites (tertiary alicyclic amines) is 1. The molecule has 0 bridgehead atoms. The molecular weight excluding hydrogens is 294 g/mol. The third-order valence-electron chi connectivity index (χ3n) is 3.81. The van der Waals surface area contributed by atoms with E-state index < -0.39 is 0 Å². The molecule has 1 aromatic carbocycles. The number of nitrogens with zero attached hydrogens (tertiary/aromatic N) is 1. The second-order valence-electron chi connectivity index (χ2n) is 5.61. The van der Waals surface area contributed by atoms with Gasteiger partial charge >= 0.3 is 6.03 Å². The lowest BCUT2D eigenvalue weighted by atomic mass is 10.1. The number of carbonyl (C=O) groups is 1. The monoisotopic (exact) mass is 320 g/mol. The number of nitrogens with one attached hydrogen (secondary N) is 2. The van der Waals surface area contributed by atoms with E-state index in [0.717, 1.165) is 50.3 Å². The van der Waals surface area contributed by atoms with Gasteiger partial charge in [-0.15, -0.1) is 0 Å². The zero-order chi connectivity index (χ0) is 15.6. The summed E-state index contributed by atoms with van der Waals surface area (Å²) in [5.74, 6) is 1.07. The van der Waals surface area contributed by atoms with Gasteiger partial charge in [-0.1, -0.05) is 18.2 Å². The Morgan fingerprint density at radius 3 is 2.68 bits per heavy atom. The Morgan fingerprint density at radius 2 is 2.00 bits per heavy atom. The molecule has 2 amide bonds. The molecular formula is C17H26N3OS. The predicted octanol–water partition coefficient (Wildman–Crippen LogP) is 3.23. The first kappa shape index (κ1) is 17.2. The van der Waals surface area contributed by atoms with Crippen molar-refractivity contribution in [1.29, 1.82) is 0 Å². The number of amides is 2. The van der Waals surface area contributed by atoms with E-state index in [-0.39, 0.29) is 12.1 Å². The maximum absolute atomic E-state index is 12.2. The highest BCUT2D eigenvalue weighted by Crippen LogP contribution is 2.11. The fraction of sp³-hybridized carbons (Fsp3) is 0.529. The van der Waals surface area contributed by atoms with Crippen LogP contribution in [0, 0.1) is 6.42 Å². The van der Waals surface area contributed by atoms with E-state index in [1.165, 1.54) is 0 Å². The number of carbonyl (C=O) groups excluding carboxylic acids is 1. The van der Waals surface area contributed by atoms with E-state index in [4.69, 9.17) is 0 Å². The molecule has 1 heterocycles. The molecule has 1 aromatic rings. The van der Waals surface area contributed by atoms with Crippen LogP contribution in [0.3, 0.4) is 0 Å². The summed E-state index contributed by atoms with van der Waals surface area (Å²) in [6.07, 6.45) is 7.78. The van der Waals surface area contributed by atoms with Crippen LogP contribution < -0.4 is 10.6 Å². The van der Waals surface area contributed by atoms with Gasteiger partial charge in [0, 0.05) is 18.3 Å². The number of thioether (sulfide) groups is 1. The highest BCUT2D eigenvalue weighted by atomic mass is 32.2. The standard InChI is InChI=1S/C17H26N3OS/c1-22-13-10-16(14-20-11-6-3-7-12-20)19-17(21)18-15-8-4-2-5-9-15/h2-5,8-9,16H,6-7,10-14H2,1H3,(H2,18,19,21). The zero-order valence-corrected chi connectivity index (χ0v) is 14.1. The van der Waals surface area contributed by atoms with Crippen molar-refractivity contribution in [2.45, 2.75) is 25.3 Å². The van der Waals surface area contributed by atoms with Crippen molar-refractivity contribution in [2.24, 2.45) is 0 Å². The Bertz CT molecular complexity index is 435. The van der Waals surface area contributed by atoms with Crippen molar-refractivity contribution in [3.05, 3.63) is 36.8 Å². The van der Waals surface area contributed by atoms with Crippen LogP contribution in [-0.2, 0) is 0 Å². The van der Waals surface area contributed by atoms with Gasteiger partial charge in [-0.2, -0.15) is 11.8 Å².